The molecule has 1 aromatic carbocycles. The smallest absolute Gasteiger partial charge is 0.337 e. The first-order valence-corrected chi connectivity index (χ1v) is 5.74. The Morgan fingerprint density at radius 2 is 2.00 bits per heavy atom. The molecule has 0 atom stereocenters. The maximum absolute atomic E-state index is 13.6. The largest absolute Gasteiger partial charge is 0.478 e. The van der Waals surface area contributed by atoms with E-state index < -0.39 is 17.7 Å². The lowest BCUT2D eigenvalue weighted by molar-refractivity contribution is 0.0698. The summed E-state index contributed by atoms with van der Waals surface area (Å²) in [5, 5.41) is 11.3. The predicted octanol–water partition coefficient (Wildman–Crippen LogP) is 2.48. The van der Waals surface area contributed by atoms with Gasteiger partial charge >= 0.3 is 5.97 Å². The van der Waals surface area contributed by atoms with Gasteiger partial charge in [-0.05, 0) is 25.1 Å². The number of hydrogen-bond acceptors (Lipinski definition) is 3. The van der Waals surface area contributed by atoms with Crippen LogP contribution >= 0.6 is 0 Å². The Kier molecular flexibility index (Phi) is 3.74. The lowest BCUT2D eigenvalue weighted by Gasteiger charge is -2.08. The summed E-state index contributed by atoms with van der Waals surface area (Å²) in [7, 11) is 0. The molecule has 6 heteroatoms. The van der Waals surface area contributed by atoms with E-state index in [1.807, 2.05) is 0 Å². The molecule has 1 aromatic heterocycles. The van der Waals surface area contributed by atoms with Crippen LogP contribution in [-0.4, -0.2) is 22.0 Å². The molecular formula is C14H11FN2O3. The predicted molar refractivity (Wildman–Crippen MR) is 70.3 cm³/mol. The molecule has 0 aliphatic rings. The average molecular weight is 274 g/mol. The Morgan fingerprint density at radius 1 is 1.25 bits per heavy atom. The van der Waals surface area contributed by atoms with Crippen molar-refractivity contribution in [2.45, 2.75) is 6.92 Å². The molecule has 0 radical (unpaired) electrons. The molecule has 2 aromatic rings. The third-order valence-corrected chi connectivity index (χ3v) is 2.67. The van der Waals surface area contributed by atoms with Crippen LogP contribution in [0.3, 0.4) is 0 Å². The van der Waals surface area contributed by atoms with Crippen LogP contribution in [0.2, 0.25) is 0 Å². The Hall–Kier alpha value is -2.76. The zero-order valence-electron chi connectivity index (χ0n) is 10.6. The van der Waals surface area contributed by atoms with Crippen molar-refractivity contribution in [1.29, 1.82) is 0 Å². The minimum absolute atomic E-state index is 0.0194. The zero-order chi connectivity index (χ0) is 14.7. The van der Waals surface area contributed by atoms with Crippen LogP contribution in [0.1, 0.15) is 26.3 Å². The number of benzene rings is 1. The van der Waals surface area contributed by atoms with Gasteiger partial charge in [-0.2, -0.15) is 0 Å². The van der Waals surface area contributed by atoms with E-state index in [1.54, 1.807) is 13.0 Å². The van der Waals surface area contributed by atoms with E-state index in [0.29, 0.717) is 0 Å². The number of carboxylic acid groups (broad SMARTS) is 1. The van der Waals surface area contributed by atoms with Crippen LogP contribution in [0.5, 0.6) is 0 Å². The number of anilines is 1. The van der Waals surface area contributed by atoms with Crippen molar-refractivity contribution >= 4 is 17.6 Å². The van der Waals surface area contributed by atoms with Crippen molar-refractivity contribution in [3.63, 3.8) is 0 Å². The van der Waals surface area contributed by atoms with E-state index in [-0.39, 0.29) is 16.8 Å². The number of aryl methyl sites for hydroxylation is 1. The summed E-state index contributed by atoms with van der Waals surface area (Å²) < 4.78 is 13.6. The normalized spacial score (nSPS) is 10.1. The van der Waals surface area contributed by atoms with Crippen molar-refractivity contribution in [2.24, 2.45) is 0 Å². The second-order valence-corrected chi connectivity index (χ2v) is 4.16. The monoisotopic (exact) mass is 274 g/mol. The molecule has 5 nitrogen and oxygen atoms in total. The van der Waals surface area contributed by atoms with E-state index in [0.717, 1.165) is 5.56 Å². The number of aromatic carboxylic acids is 1. The molecule has 0 bridgehead atoms. The molecule has 0 spiro atoms. The van der Waals surface area contributed by atoms with Crippen LogP contribution in [0.4, 0.5) is 10.1 Å². The molecule has 0 aliphatic heterocycles. The quantitative estimate of drug-likeness (QED) is 0.901. The van der Waals surface area contributed by atoms with Gasteiger partial charge in [0.15, 0.2) is 0 Å². The van der Waals surface area contributed by atoms with Crippen molar-refractivity contribution in [3.05, 3.63) is 59.2 Å². The zero-order valence-corrected chi connectivity index (χ0v) is 10.6. The second-order valence-electron chi connectivity index (χ2n) is 4.16. The maximum Gasteiger partial charge on any atom is 0.337 e. The summed E-state index contributed by atoms with van der Waals surface area (Å²) in [6.07, 6.45) is 2.50. The number of nitrogens with one attached hydrogen (secondary N) is 1. The molecule has 1 amide bonds. The number of pyridine rings is 1. The van der Waals surface area contributed by atoms with Crippen LogP contribution in [0.25, 0.3) is 0 Å². The maximum atomic E-state index is 13.6. The summed E-state index contributed by atoms with van der Waals surface area (Å²) in [6, 6.07) is 5.37. The van der Waals surface area contributed by atoms with E-state index in [9.17, 15) is 14.0 Å². The third-order valence-electron chi connectivity index (χ3n) is 2.67. The first kappa shape index (κ1) is 13.7. The van der Waals surface area contributed by atoms with Crippen LogP contribution in [-0.2, 0) is 0 Å². The fraction of sp³-hybridized carbons (Fsp3) is 0.0714. The van der Waals surface area contributed by atoms with E-state index in [4.69, 9.17) is 5.11 Å². The fourth-order valence-electron chi connectivity index (χ4n) is 1.68. The van der Waals surface area contributed by atoms with Gasteiger partial charge in [0.25, 0.3) is 5.91 Å². The number of carbonyl (C=O) groups excluding carboxylic acids is 1. The SMILES string of the molecule is Cc1ccc(F)c(C(=O)Nc2cnccc2C(=O)O)c1. The van der Waals surface area contributed by atoms with Gasteiger partial charge in [-0.3, -0.25) is 9.78 Å². The van der Waals surface area contributed by atoms with Crippen molar-refractivity contribution < 1.29 is 19.1 Å². The number of rotatable bonds is 3. The number of halogens is 1. The number of hydrogen-bond donors (Lipinski definition) is 2. The van der Waals surface area contributed by atoms with E-state index in [1.165, 1.54) is 30.6 Å². The first-order chi connectivity index (χ1) is 9.49. The highest BCUT2D eigenvalue weighted by atomic mass is 19.1. The lowest BCUT2D eigenvalue weighted by Crippen LogP contribution is -2.16. The molecule has 2 N–H and O–H groups in total. The number of carboxylic acids is 1. The molecule has 0 aliphatic carbocycles. The van der Waals surface area contributed by atoms with Crippen molar-refractivity contribution in [3.8, 4) is 0 Å². The van der Waals surface area contributed by atoms with Crippen molar-refractivity contribution in [1.82, 2.24) is 4.98 Å². The average Bonchev–Trinajstić information content (AvgIpc) is 2.41. The Morgan fingerprint density at radius 3 is 2.70 bits per heavy atom. The fourth-order valence-corrected chi connectivity index (χ4v) is 1.68. The van der Waals surface area contributed by atoms with Gasteiger partial charge in [0.05, 0.1) is 23.0 Å². The number of amides is 1. The minimum Gasteiger partial charge on any atom is -0.478 e. The van der Waals surface area contributed by atoms with Gasteiger partial charge < -0.3 is 10.4 Å². The number of carbonyl (C=O) groups is 2. The Bertz CT molecular complexity index is 686. The minimum atomic E-state index is -1.20. The van der Waals surface area contributed by atoms with Crippen LogP contribution in [0, 0.1) is 12.7 Å². The van der Waals surface area contributed by atoms with Gasteiger partial charge in [0.1, 0.15) is 5.82 Å². The molecule has 20 heavy (non-hydrogen) atoms. The highest BCUT2D eigenvalue weighted by Gasteiger charge is 2.16. The third kappa shape index (κ3) is 2.80. The summed E-state index contributed by atoms with van der Waals surface area (Å²) >= 11 is 0. The van der Waals surface area contributed by atoms with E-state index in [2.05, 4.69) is 10.3 Å². The number of nitrogens with zero attached hydrogens (tertiary/aromatic N) is 1. The summed E-state index contributed by atoms with van der Waals surface area (Å²) in [5.74, 6) is -2.59. The van der Waals surface area contributed by atoms with Crippen LogP contribution in [0.15, 0.2) is 36.7 Å². The molecule has 2 rings (SSSR count). The standard InChI is InChI=1S/C14H11FN2O3/c1-8-2-3-11(15)10(6-8)13(18)17-12-7-16-5-4-9(12)14(19)20/h2-7H,1H3,(H,17,18)(H,19,20). The lowest BCUT2D eigenvalue weighted by atomic mass is 10.1. The molecule has 102 valence electrons. The van der Waals surface area contributed by atoms with Gasteiger partial charge in [0.2, 0.25) is 0 Å². The summed E-state index contributed by atoms with van der Waals surface area (Å²) in [4.78, 5) is 26.7. The van der Waals surface area contributed by atoms with Gasteiger partial charge in [-0.1, -0.05) is 11.6 Å². The molecule has 0 saturated heterocycles. The van der Waals surface area contributed by atoms with Gasteiger partial charge in [-0.15, -0.1) is 0 Å². The highest BCUT2D eigenvalue weighted by molar-refractivity contribution is 6.07. The summed E-state index contributed by atoms with van der Waals surface area (Å²) in [5.41, 5.74) is 0.485. The van der Waals surface area contributed by atoms with Crippen LogP contribution < -0.4 is 5.32 Å². The van der Waals surface area contributed by atoms with Gasteiger partial charge in [0, 0.05) is 6.20 Å². The van der Waals surface area contributed by atoms with Gasteiger partial charge in [-0.25, -0.2) is 9.18 Å². The highest BCUT2D eigenvalue weighted by Crippen LogP contribution is 2.16. The molecule has 0 saturated carbocycles. The van der Waals surface area contributed by atoms with E-state index >= 15 is 0 Å². The molecule has 0 unspecified atom stereocenters. The van der Waals surface area contributed by atoms with Crippen molar-refractivity contribution in [2.75, 3.05) is 5.32 Å². The Labute approximate surface area is 114 Å². The number of aromatic nitrogens is 1. The second kappa shape index (κ2) is 5.48. The first-order valence-electron chi connectivity index (χ1n) is 5.74. The molecule has 1 heterocycles. The topological polar surface area (TPSA) is 79.3 Å². The Balaban J connectivity index is 2.33. The molecule has 0 fully saturated rings. The molecular weight excluding hydrogens is 263 g/mol. The summed E-state index contributed by atoms with van der Waals surface area (Å²) in [6.45, 7) is 1.73.